The number of carbonyl (C=O) groups excluding carboxylic acids is 1. The van der Waals surface area contributed by atoms with E-state index in [4.69, 9.17) is 5.73 Å². The van der Waals surface area contributed by atoms with Gasteiger partial charge in [-0.2, -0.15) is 0 Å². The SMILES string of the molecule is CC(C)(CNC1=NCC2(CCCC2)CS1)C(N)=O. The Morgan fingerprint density at radius 2 is 2.17 bits per heavy atom. The molecule has 1 aliphatic carbocycles. The summed E-state index contributed by atoms with van der Waals surface area (Å²) in [4.78, 5) is 15.9. The normalized spacial score (nSPS) is 22.9. The first-order chi connectivity index (χ1) is 8.44. The lowest BCUT2D eigenvalue weighted by atomic mass is 9.89. The van der Waals surface area contributed by atoms with Gasteiger partial charge in [0.15, 0.2) is 5.17 Å². The predicted molar refractivity (Wildman–Crippen MR) is 76.6 cm³/mol. The molecule has 2 rings (SSSR count). The molecule has 2 aliphatic rings. The van der Waals surface area contributed by atoms with Gasteiger partial charge >= 0.3 is 0 Å². The maximum Gasteiger partial charge on any atom is 0.224 e. The Balaban J connectivity index is 1.85. The molecular formula is C13H23N3OS. The Morgan fingerprint density at radius 3 is 2.67 bits per heavy atom. The number of amides is 1. The molecule has 1 saturated carbocycles. The van der Waals surface area contributed by atoms with E-state index >= 15 is 0 Å². The summed E-state index contributed by atoms with van der Waals surface area (Å²) >= 11 is 1.80. The summed E-state index contributed by atoms with van der Waals surface area (Å²) in [6, 6.07) is 0. The van der Waals surface area contributed by atoms with Crippen LogP contribution >= 0.6 is 11.8 Å². The highest BCUT2D eigenvalue weighted by molar-refractivity contribution is 8.13. The van der Waals surface area contributed by atoms with E-state index in [0.717, 1.165) is 17.5 Å². The minimum absolute atomic E-state index is 0.274. The molecule has 0 atom stereocenters. The summed E-state index contributed by atoms with van der Waals surface area (Å²) in [7, 11) is 0. The number of aliphatic imine (C=N–C) groups is 1. The molecule has 4 nitrogen and oxygen atoms in total. The smallest absolute Gasteiger partial charge is 0.224 e. The van der Waals surface area contributed by atoms with Gasteiger partial charge in [-0.1, -0.05) is 24.6 Å². The van der Waals surface area contributed by atoms with Gasteiger partial charge in [-0.05, 0) is 32.1 Å². The van der Waals surface area contributed by atoms with Crippen LogP contribution in [0.3, 0.4) is 0 Å². The Labute approximate surface area is 113 Å². The van der Waals surface area contributed by atoms with Crippen LogP contribution in [0.25, 0.3) is 0 Å². The number of primary amides is 1. The summed E-state index contributed by atoms with van der Waals surface area (Å²) in [6.07, 6.45) is 5.36. The molecule has 0 bridgehead atoms. The highest BCUT2D eigenvalue weighted by atomic mass is 32.2. The van der Waals surface area contributed by atoms with E-state index in [1.54, 1.807) is 11.8 Å². The van der Waals surface area contributed by atoms with Crippen LogP contribution in [-0.2, 0) is 4.79 Å². The first kappa shape index (κ1) is 13.7. The van der Waals surface area contributed by atoms with Crippen molar-refractivity contribution in [1.82, 2.24) is 5.32 Å². The monoisotopic (exact) mass is 269 g/mol. The summed E-state index contributed by atoms with van der Waals surface area (Å²) < 4.78 is 0. The molecule has 102 valence electrons. The van der Waals surface area contributed by atoms with E-state index in [0.29, 0.717) is 12.0 Å². The molecule has 1 amide bonds. The zero-order valence-corrected chi connectivity index (χ0v) is 12.1. The topological polar surface area (TPSA) is 67.5 Å². The molecule has 0 aromatic heterocycles. The number of thioether (sulfide) groups is 1. The van der Waals surface area contributed by atoms with Crippen molar-refractivity contribution in [2.24, 2.45) is 21.6 Å². The quantitative estimate of drug-likeness (QED) is 0.820. The van der Waals surface area contributed by atoms with Gasteiger partial charge in [-0.3, -0.25) is 9.79 Å². The minimum atomic E-state index is -0.522. The van der Waals surface area contributed by atoms with E-state index in [1.165, 1.54) is 25.7 Å². The lowest BCUT2D eigenvalue weighted by molar-refractivity contribution is -0.125. The lowest BCUT2D eigenvalue weighted by Gasteiger charge is -2.32. The van der Waals surface area contributed by atoms with Gasteiger partial charge in [-0.25, -0.2) is 0 Å². The molecule has 0 saturated heterocycles. The minimum Gasteiger partial charge on any atom is -0.369 e. The van der Waals surface area contributed by atoms with Crippen molar-refractivity contribution < 1.29 is 4.79 Å². The fourth-order valence-corrected chi connectivity index (χ4v) is 3.62. The third-order valence-electron chi connectivity index (χ3n) is 4.09. The van der Waals surface area contributed by atoms with Gasteiger partial charge in [0.05, 0.1) is 5.41 Å². The standard InChI is InChI=1S/C13H23N3OS/c1-12(2,10(14)17)7-15-11-16-8-13(9-18-11)5-3-4-6-13/h3-9H2,1-2H3,(H2,14,17)(H,15,16). The summed E-state index contributed by atoms with van der Waals surface area (Å²) in [6.45, 7) is 5.21. The third kappa shape index (κ3) is 2.99. The van der Waals surface area contributed by atoms with Crippen LogP contribution in [0.2, 0.25) is 0 Å². The summed E-state index contributed by atoms with van der Waals surface area (Å²) in [5.74, 6) is 0.888. The van der Waals surface area contributed by atoms with Gasteiger partial charge in [0.2, 0.25) is 5.91 Å². The highest BCUT2D eigenvalue weighted by Gasteiger charge is 2.36. The molecular weight excluding hydrogens is 246 g/mol. The van der Waals surface area contributed by atoms with Crippen LogP contribution in [-0.4, -0.2) is 29.9 Å². The highest BCUT2D eigenvalue weighted by Crippen LogP contribution is 2.43. The van der Waals surface area contributed by atoms with E-state index in [-0.39, 0.29) is 5.91 Å². The number of rotatable bonds is 3. The molecule has 0 unspecified atom stereocenters. The molecule has 0 radical (unpaired) electrons. The largest absolute Gasteiger partial charge is 0.369 e. The van der Waals surface area contributed by atoms with Gasteiger partial charge in [0.1, 0.15) is 0 Å². The Hall–Kier alpha value is -0.710. The molecule has 1 heterocycles. The van der Waals surface area contributed by atoms with Crippen molar-refractivity contribution >= 4 is 22.8 Å². The number of hydrogen-bond acceptors (Lipinski definition) is 4. The van der Waals surface area contributed by atoms with Gasteiger partial charge in [0, 0.05) is 18.8 Å². The molecule has 5 heteroatoms. The number of nitrogens with two attached hydrogens (primary N) is 1. The Kier molecular flexibility index (Phi) is 3.90. The van der Waals surface area contributed by atoms with Crippen molar-refractivity contribution in [2.45, 2.75) is 39.5 Å². The van der Waals surface area contributed by atoms with Gasteiger partial charge < -0.3 is 11.1 Å². The van der Waals surface area contributed by atoms with Crippen LogP contribution in [0.15, 0.2) is 4.99 Å². The van der Waals surface area contributed by atoms with E-state index in [9.17, 15) is 4.79 Å². The third-order valence-corrected chi connectivity index (χ3v) is 5.39. The Morgan fingerprint density at radius 1 is 1.50 bits per heavy atom. The van der Waals surface area contributed by atoms with Crippen LogP contribution in [0.1, 0.15) is 39.5 Å². The van der Waals surface area contributed by atoms with Crippen molar-refractivity contribution in [3.63, 3.8) is 0 Å². The van der Waals surface area contributed by atoms with Crippen molar-refractivity contribution in [3.05, 3.63) is 0 Å². The fourth-order valence-electron chi connectivity index (χ4n) is 2.47. The molecule has 1 fully saturated rings. The first-order valence-electron chi connectivity index (χ1n) is 6.65. The van der Waals surface area contributed by atoms with Crippen LogP contribution in [0.4, 0.5) is 0 Å². The average molecular weight is 269 g/mol. The maximum absolute atomic E-state index is 11.2. The maximum atomic E-state index is 11.2. The number of nitrogens with one attached hydrogen (secondary N) is 1. The summed E-state index contributed by atoms with van der Waals surface area (Å²) in [5.41, 5.74) is 5.30. The number of hydrogen-bond donors (Lipinski definition) is 2. The van der Waals surface area contributed by atoms with E-state index < -0.39 is 5.41 Å². The molecule has 1 spiro atoms. The lowest BCUT2D eigenvalue weighted by Crippen LogP contribution is -2.43. The second-order valence-electron chi connectivity index (χ2n) is 6.22. The Bertz CT molecular complexity index is 359. The van der Waals surface area contributed by atoms with Crippen molar-refractivity contribution in [2.75, 3.05) is 18.8 Å². The molecule has 0 aromatic rings. The van der Waals surface area contributed by atoms with Crippen LogP contribution < -0.4 is 11.1 Å². The molecule has 0 aromatic carbocycles. The van der Waals surface area contributed by atoms with E-state index in [1.807, 2.05) is 13.8 Å². The molecule has 1 aliphatic heterocycles. The fraction of sp³-hybridized carbons (Fsp3) is 0.846. The average Bonchev–Trinajstić information content (AvgIpc) is 2.77. The number of carbonyl (C=O) groups is 1. The van der Waals surface area contributed by atoms with Gasteiger partial charge in [-0.15, -0.1) is 0 Å². The summed E-state index contributed by atoms with van der Waals surface area (Å²) in [5, 5.41) is 4.24. The van der Waals surface area contributed by atoms with Crippen LogP contribution in [0, 0.1) is 10.8 Å². The zero-order chi connectivity index (χ0) is 13.2. The molecule has 3 N–H and O–H groups in total. The van der Waals surface area contributed by atoms with Crippen molar-refractivity contribution in [3.8, 4) is 0 Å². The zero-order valence-electron chi connectivity index (χ0n) is 11.3. The number of nitrogens with zero attached hydrogens (tertiary/aromatic N) is 1. The molecule has 18 heavy (non-hydrogen) atoms. The number of amidine groups is 1. The van der Waals surface area contributed by atoms with E-state index in [2.05, 4.69) is 10.3 Å². The van der Waals surface area contributed by atoms with Crippen molar-refractivity contribution in [1.29, 1.82) is 0 Å². The second-order valence-corrected chi connectivity index (χ2v) is 7.18. The van der Waals surface area contributed by atoms with Gasteiger partial charge in [0.25, 0.3) is 0 Å². The first-order valence-corrected chi connectivity index (χ1v) is 7.63. The second kappa shape index (κ2) is 5.11. The van der Waals surface area contributed by atoms with Crippen LogP contribution in [0.5, 0.6) is 0 Å². The predicted octanol–water partition coefficient (Wildman–Crippen LogP) is 1.75.